The van der Waals surface area contributed by atoms with E-state index in [1.165, 1.54) is 18.2 Å². The van der Waals surface area contributed by atoms with Gasteiger partial charge in [-0.3, -0.25) is 9.59 Å². The molecule has 1 N–H and O–H groups in total. The Hall–Kier alpha value is -1.80. The van der Waals surface area contributed by atoms with E-state index in [1.807, 2.05) is 0 Å². The Bertz CT molecular complexity index is 616. The van der Waals surface area contributed by atoms with Gasteiger partial charge in [0.2, 0.25) is 5.91 Å². The van der Waals surface area contributed by atoms with E-state index in [0.29, 0.717) is 18.1 Å². The van der Waals surface area contributed by atoms with E-state index in [4.69, 9.17) is 11.6 Å². The number of rotatable bonds is 5. The Labute approximate surface area is 141 Å². The lowest BCUT2D eigenvalue weighted by atomic mass is 10.1. The molecule has 1 heterocycles. The first-order chi connectivity index (χ1) is 11.3. The van der Waals surface area contributed by atoms with Crippen molar-refractivity contribution in [2.24, 2.45) is 0 Å². The van der Waals surface area contributed by atoms with Crippen molar-refractivity contribution in [3.63, 3.8) is 0 Å². The number of amides is 2. The molecule has 0 spiro atoms. The fourth-order valence-corrected chi connectivity index (χ4v) is 2.51. The van der Waals surface area contributed by atoms with Crippen LogP contribution in [0, 0.1) is 0 Å². The van der Waals surface area contributed by atoms with Gasteiger partial charge < -0.3 is 15.0 Å². The summed E-state index contributed by atoms with van der Waals surface area (Å²) in [6, 6.07) is 4.34. The molecule has 0 aromatic heterocycles. The third-order valence-electron chi connectivity index (χ3n) is 3.38. The Morgan fingerprint density at radius 2 is 1.92 bits per heavy atom. The van der Waals surface area contributed by atoms with Crippen LogP contribution in [-0.4, -0.2) is 49.2 Å². The molecule has 1 aromatic rings. The molecule has 1 aliphatic heterocycles. The minimum Gasteiger partial charge on any atom is -0.362 e. The summed E-state index contributed by atoms with van der Waals surface area (Å²) in [5.74, 6) is -1.06. The summed E-state index contributed by atoms with van der Waals surface area (Å²) in [6.07, 6.45) is -2.70. The summed E-state index contributed by atoms with van der Waals surface area (Å²) in [7, 11) is 0. The number of nitrogens with zero attached hydrogens (tertiary/aromatic N) is 1. The molecule has 0 atom stereocenters. The van der Waals surface area contributed by atoms with Gasteiger partial charge in [-0.2, -0.15) is 13.2 Å². The first-order valence-corrected chi connectivity index (χ1v) is 7.67. The van der Waals surface area contributed by atoms with Gasteiger partial charge >= 0.3 is 6.18 Å². The molecule has 2 rings (SSSR count). The van der Waals surface area contributed by atoms with E-state index in [-0.39, 0.29) is 17.2 Å². The summed E-state index contributed by atoms with van der Waals surface area (Å²) < 4.78 is 40.3. The van der Waals surface area contributed by atoms with Gasteiger partial charge in [-0.25, -0.2) is 0 Å². The fourth-order valence-electron chi connectivity index (χ4n) is 2.34. The summed E-state index contributed by atoms with van der Waals surface area (Å²) in [5, 5.41) is 2.71. The maximum Gasteiger partial charge on any atom is 0.411 e. The smallest absolute Gasteiger partial charge is 0.362 e. The molecule has 0 unspecified atom stereocenters. The molecule has 5 nitrogen and oxygen atoms in total. The zero-order valence-electron chi connectivity index (χ0n) is 12.7. The number of carbonyl (C=O) groups excluding carboxylic acids is 2. The summed E-state index contributed by atoms with van der Waals surface area (Å²) in [6.45, 7) is -1.04. The third kappa shape index (κ3) is 5.38. The first-order valence-electron chi connectivity index (χ1n) is 7.29. The summed E-state index contributed by atoms with van der Waals surface area (Å²) in [5.41, 5.74) is 0.394. The highest BCUT2D eigenvalue weighted by Gasteiger charge is 2.28. The van der Waals surface area contributed by atoms with E-state index in [2.05, 4.69) is 10.1 Å². The quantitative estimate of drug-likeness (QED) is 0.873. The average molecular weight is 365 g/mol. The Morgan fingerprint density at radius 1 is 1.25 bits per heavy atom. The summed E-state index contributed by atoms with van der Waals surface area (Å²) in [4.78, 5) is 25.8. The molecular weight excluding hydrogens is 349 g/mol. The minimum atomic E-state index is -4.50. The lowest BCUT2D eigenvalue weighted by molar-refractivity contribution is -0.174. The molecule has 0 bridgehead atoms. The van der Waals surface area contributed by atoms with Gasteiger partial charge in [-0.05, 0) is 31.0 Å². The molecule has 2 amide bonds. The van der Waals surface area contributed by atoms with Crippen molar-refractivity contribution in [3.8, 4) is 0 Å². The van der Waals surface area contributed by atoms with Gasteiger partial charge in [0.15, 0.2) is 0 Å². The molecule has 1 aliphatic rings. The number of anilines is 1. The van der Waals surface area contributed by atoms with Gasteiger partial charge in [-0.15, -0.1) is 0 Å². The SMILES string of the molecule is O=C(COCC(F)(F)F)Nc1ccc(Cl)cc1C(=O)N1CCCC1. The van der Waals surface area contributed by atoms with E-state index >= 15 is 0 Å². The number of ether oxygens (including phenoxy) is 1. The number of benzene rings is 1. The van der Waals surface area contributed by atoms with Gasteiger partial charge in [0, 0.05) is 18.1 Å². The number of halogens is 4. The van der Waals surface area contributed by atoms with Crippen LogP contribution in [0.3, 0.4) is 0 Å². The largest absolute Gasteiger partial charge is 0.411 e. The van der Waals surface area contributed by atoms with Crippen LogP contribution >= 0.6 is 11.6 Å². The van der Waals surface area contributed by atoms with Crippen LogP contribution in [0.25, 0.3) is 0 Å². The van der Waals surface area contributed by atoms with E-state index < -0.39 is 25.3 Å². The van der Waals surface area contributed by atoms with Gasteiger partial charge in [0.1, 0.15) is 13.2 Å². The number of nitrogens with one attached hydrogen (secondary N) is 1. The molecule has 1 fully saturated rings. The van der Waals surface area contributed by atoms with Crippen molar-refractivity contribution < 1.29 is 27.5 Å². The average Bonchev–Trinajstić information content (AvgIpc) is 3.01. The highest BCUT2D eigenvalue weighted by Crippen LogP contribution is 2.24. The van der Waals surface area contributed by atoms with Crippen LogP contribution in [-0.2, 0) is 9.53 Å². The lowest BCUT2D eigenvalue weighted by Crippen LogP contribution is -2.29. The molecule has 9 heteroatoms. The molecule has 0 radical (unpaired) electrons. The first kappa shape index (κ1) is 18.5. The van der Waals surface area contributed by atoms with Crippen molar-refractivity contribution in [3.05, 3.63) is 28.8 Å². The number of hydrogen-bond acceptors (Lipinski definition) is 3. The second-order valence-electron chi connectivity index (χ2n) is 5.35. The zero-order valence-corrected chi connectivity index (χ0v) is 13.4. The Morgan fingerprint density at radius 3 is 2.54 bits per heavy atom. The maximum atomic E-state index is 12.5. The highest BCUT2D eigenvalue weighted by atomic mass is 35.5. The van der Waals surface area contributed by atoms with E-state index in [9.17, 15) is 22.8 Å². The number of hydrogen-bond donors (Lipinski definition) is 1. The van der Waals surface area contributed by atoms with Gasteiger partial charge in [-0.1, -0.05) is 11.6 Å². The van der Waals surface area contributed by atoms with Gasteiger partial charge in [0.05, 0.1) is 11.3 Å². The normalized spacial score (nSPS) is 14.8. The van der Waals surface area contributed by atoms with Crippen molar-refractivity contribution >= 4 is 29.1 Å². The molecule has 24 heavy (non-hydrogen) atoms. The van der Waals surface area contributed by atoms with Crippen molar-refractivity contribution in [2.45, 2.75) is 19.0 Å². The monoisotopic (exact) mass is 364 g/mol. The highest BCUT2D eigenvalue weighted by molar-refractivity contribution is 6.31. The Kier molecular flexibility index (Phi) is 6.06. The minimum absolute atomic E-state index is 0.192. The molecule has 132 valence electrons. The number of alkyl halides is 3. The lowest BCUT2D eigenvalue weighted by Gasteiger charge is -2.18. The predicted molar refractivity (Wildman–Crippen MR) is 82.1 cm³/mol. The van der Waals surface area contributed by atoms with Crippen molar-refractivity contribution in [2.75, 3.05) is 31.6 Å². The molecular formula is C15H16ClF3N2O3. The van der Waals surface area contributed by atoms with Crippen LogP contribution < -0.4 is 5.32 Å². The van der Waals surface area contributed by atoms with Crippen LogP contribution in [0.1, 0.15) is 23.2 Å². The molecule has 0 aliphatic carbocycles. The van der Waals surface area contributed by atoms with Crippen LogP contribution in [0.5, 0.6) is 0 Å². The van der Waals surface area contributed by atoms with E-state index in [0.717, 1.165) is 12.8 Å². The standard InChI is InChI=1S/C15H16ClF3N2O3/c16-10-3-4-12(20-13(22)8-24-9-15(17,18)19)11(7-10)14(23)21-5-1-2-6-21/h3-4,7H,1-2,5-6,8-9H2,(H,20,22). The number of likely N-dealkylation sites (tertiary alicyclic amines) is 1. The topological polar surface area (TPSA) is 58.6 Å². The van der Waals surface area contributed by atoms with Crippen LogP contribution in [0.2, 0.25) is 5.02 Å². The van der Waals surface area contributed by atoms with Crippen molar-refractivity contribution in [1.29, 1.82) is 0 Å². The van der Waals surface area contributed by atoms with Crippen LogP contribution in [0.15, 0.2) is 18.2 Å². The second kappa shape index (κ2) is 7.85. The van der Waals surface area contributed by atoms with Crippen molar-refractivity contribution in [1.82, 2.24) is 4.90 Å². The number of carbonyl (C=O) groups is 2. The molecule has 1 aromatic carbocycles. The van der Waals surface area contributed by atoms with Crippen LogP contribution in [0.4, 0.5) is 18.9 Å². The Balaban J connectivity index is 2.04. The second-order valence-corrected chi connectivity index (χ2v) is 5.78. The fraction of sp³-hybridized carbons (Fsp3) is 0.467. The summed E-state index contributed by atoms with van der Waals surface area (Å²) >= 11 is 5.90. The van der Waals surface area contributed by atoms with E-state index in [1.54, 1.807) is 4.90 Å². The third-order valence-corrected chi connectivity index (χ3v) is 3.61. The maximum absolute atomic E-state index is 12.5. The molecule has 1 saturated heterocycles. The van der Waals surface area contributed by atoms with Gasteiger partial charge in [0.25, 0.3) is 5.91 Å². The predicted octanol–water partition coefficient (Wildman–Crippen LogP) is 3.09. The molecule has 0 saturated carbocycles. The zero-order chi connectivity index (χ0) is 17.7.